The van der Waals surface area contributed by atoms with Gasteiger partial charge in [-0.15, -0.1) is 0 Å². The van der Waals surface area contributed by atoms with Gasteiger partial charge in [0.05, 0.1) is 0 Å². The van der Waals surface area contributed by atoms with E-state index >= 15 is 0 Å². The van der Waals surface area contributed by atoms with E-state index in [-0.39, 0.29) is 0 Å². The van der Waals surface area contributed by atoms with Crippen LogP contribution in [0.2, 0.25) is 0 Å². The second-order valence-corrected chi connectivity index (χ2v) is 3.24. The van der Waals surface area contributed by atoms with Crippen molar-refractivity contribution in [2.45, 2.75) is 6.92 Å². The number of allylic oxidation sites excluding steroid dienone is 1. The van der Waals surface area contributed by atoms with Crippen LogP contribution in [0.5, 0.6) is 0 Å². The molecule has 1 aliphatic carbocycles. The number of carbonyl (C=O) groups is 3. The lowest BCUT2D eigenvalue weighted by Crippen LogP contribution is -2.39. The molecule has 0 amide bonds. The Hall–Kier alpha value is -2.11. The first-order valence-corrected chi connectivity index (χ1v) is 3.94. The number of aliphatic carboxylic acids is 2. The Morgan fingerprint density at radius 1 is 1.33 bits per heavy atom. The Balaban J connectivity index is 3.33. The van der Waals surface area contributed by atoms with E-state index in [0.29, 0.717) is 0 Å². The normalized spacial score (nSPS) is 25.5. The number of carbonyl (C=O) groups excluding carboxylic acids is 1. The summed E-state index contributed by atoms with van der Waals surface area (Å²) in [5.74, 6) is -4.97. The van der Waals surface area contributed by atoms with Crippen LogP contribution in [-0.2, 0) is 14.4 Å². The molecule has 0 aromatic carbocycles. The lowest BCUT2D eigenvalue weighted by Gasteiger charge is -2.22. The summed E-state index contributed by atoms with van der Waals surface area (Å²) >= 11 is 0. The molecule has 0 bridgehead atoms. The average Bonchev–Trinajstić information content (AvgIpc) is 2.11. The highest BCUT2D eigenvalue weighted by atomic mass is 16.4. The maximum absolute atomic E-state index is 11.5. The SMILES string of the molecule is CC1(C(=O)O)C=CC(O)=C(C(=O)O)C1=O. The molecule has 0 radical (unpaired) electrons. The molecule has 1 atom stereocenters. The van der Waals surface area contributed by atoms with E-state index in [4.69, 9.17) is 15.3 Å². The minimum Gasteiger partial charge on any atom is -0.507 e. The maximum atomic E-state index is 11.5. The van der Waals surface area contributed by atoms with E-state index in [2.05, 4.69) is 0 Å². The molecule has 0 saturated carbocycles. The Kier molecular flexibility index (Phi) is 2.36. The zero-order valence-corrected chi connectivity index (χ0v) is 7.72. The number of rotatable bonds is 2. The Morgan fingerprint density at radius 3 is 2.27 bits per heavy atom. The molecular formula is C9H8O6. The summed E-state index contributed by atoms with van der Waals surface area (Å²) in [6, 6.07) is 0. The van der Waals surface area contributed by atoms with Gasteiger partial charge in [0.15, 0.2) is 5.78 Å². The van der Waals surface area contributed by atoms with Gasteiger partial charge >= 0.3 is 11.9 Å². The minimum absolute atomic E-state index is 0.730. The largest absolute Gasteiger partial charge is 0.507 e. The summed E-state index contributed by atoms with van der Waals surface area (Å²) < 4.78 is 0. The van der Waals surface area contributed by atoms with Gasteiger partial charge in [-0.05, 0) is 13.0 Å². The van der Waals surface area contributed by atoms with Crippen molar-refractivity contribution in [1.82, 2.24) is 0 Å². The number of carboxylic acids is 2. The third kappa shape index (κ3) is 1.50. The molecule has 80 valence electrons. The molecule has 0 aromatic heterocycles. The topological polar surface area (TPSA) is 112 Å². The highest BCUT2D eigenvalue weighted by Gasteiger charge is 2.45. The molecule has 3 N–H and O–H groups in total. The van der Waals surface area contributed by atoms with Crippen LogP contribution in [0, 0.1) is 5.41 Å². The number of ketones is 1. The molecular weight excluding hydrogens is 204 g/mol. The molecule has 0 heterocycles. The van der Waals surface area contributed by atoms with Gasteiger partial charge in [0, 0.05) is 0 Å². The molecule has 0 spiro atoms. The number of hydrogen-bond donors (Lipinski definition) is 3. The summed E-state index contributed by atoms with van der Waals surface area (Å²) in [6.07, 6.45) is 1.86. The van der Waals surface area contributed by atoms with Gasteiger partial charge < -0.3 is 15.3 Å². The van der Waals surface area contributed by atoms with Crippen LogP contribution in [0.3, 0.4) is 0 Å². The van der Waals surface area contributed by atoms with E-state index in [0.717, 1.165) is 19.1 Å². The van der Waals surface area contributed by atoms with Crippen LogP contribution in [0.15, 0.2) is 23.5 Å². The molecule has 1 unspecified atom stereocenters. The number of hydrogen-bond acceptors (Lipinski definition) is 4. The fraction of sp³-hybridized carbons (Fsp3) is 0.222. The van der Waals surface area contributed by atoms with Crippen molar-refractivity contribution in [3.8, 4) is 0 Å². The van der Waals surface area contributed by atoms with E-state index in [1.165, 1.54) is 0 Å². The van der Waals surface area contributed by atoms with Crippen LogP contribution in [-0.4, -0.2) is 33.0 Å². The lowest BCUT2D eigenvalue weighted by atomic mass is 9.78. The molecule has 1 rings (SSSR count). The molecule has 0 saturated heterocycles. The minimum atomic E-state index is -1.93. The van der Waals surface area contributed by atoms with Gasteiger partial charge in [-0.25, -0.2) is 4.79 Å². The number of aliphatic hydroxyl groups excluding tert-OH is 1. The lowest BCUT2D eigenvalue weighted by molar-refractivity contribution is -0.150. The Morgan fingerprint density at radius 2 is 1.87 bits per heavy atom. The van der Waals surface area contributed by atoms with Crippen molar-refractivity contribution in [2.24, 2.45) is 5.41 Å². The van der Waals surface area contributed by atoms with E-state index in [1.54, 1.807) is 0 Å². The third-order valence-electron chi connectivity index (χ3n) is 2.19. The first kappa shape index (κ1) is 11.0. The van der Waals surface area contributed by atoms with Crippen molar-refractivity contribution in [1.29, 1.82) is 0 Å². The second kappa shape index (κ2) is 3.23. The molecule has 1 aliphatic rings. The molecule has 6 nitrogen and oxygen atoms in total. The molecule has 0 aromatic rings. The summed E-state index contributed by atoms with van der Waals surface area (Å²) in [4.78, 5) is 32.9. The van der Waals surface area contributed by atoms with E-state index < -0.39 is 34.5 Å². The quantitative estimate of drug-likeness (QED) is 0.442. The average molecular weight is 212 g/mol. The van der Waals surface area contributed by atoms with E-state index in [1.807, 2.05) is 0 Å². The van der Waals surface area contributed by atoms with Crippen LogP contribution in [0.25, 0.3) is 0 Å². The molecule has 0 fully saturated rings. The highest BCUT2D eigenvalue weighted by Crippen LogP contribution is 2.30. The van der Waals surface area contributed by atoms with Crippen LogP contribution < -0.4 is 0 Å². The van der Waals surface area contributed by atoms with Gasteiger partial charge in [0.25, 0.3) is 0 Å². The van der Waals surface area contributed by atoms with Gasteiger partial charge in [-0.3, -0.25) is 9.59 Å². The standard InChI is InChI=1S/C9H8O6/c1-9(8(14)15)3-2-4(10)5(6(9)11)7(12)13/h2-3,10H,1H3,(H,12,13)(H,14,15). The fourth-order valence-corrected chi connectivity index (χ4v) is 1.16. The summed E-state index contributed by atoms with van der Waals surface area (Å²) in [5, 5.41) is 26.5. The van der Waals surface area contributed by atoms with E-state index in [9.17, 15) is 14.4 Å². The second-order valence-electron chi connectivity index (χ2n) is 3.24. The summed E-state index contributed by atoms with van der Waals surface area (Å²) in [6.45, 7) is 1.07. The van der Waals surface area contributed by atoms with Gasteiger partial charge in [0.2, 0.25) is 0 Å². The number of aliphatic hydroxyl groups is 1. The Labute approximate surface area is 84.1 Å². The van der Waals surface area contributed by atoms with Crippen molar-refractivity contribution < 1.29 is 29.7 Å². The smallest absolute Gasteiger partial charge is 0.343 e. The zero-order chi connectivity index (χ0) is 11.8. The van der Waals surface area contributed by atoms with Crippen molar-refractivity contribution >= 4 is 17.7 Å². The van der Waals surface area contributed by atoms with Crippen LogP contribution in [0.4, 0.5) is 0 Å². The van der Waals surface area contributed by atoms with Crippen molar-refractivity contribution in [2.75, 3.05) is 0 Å². The molecule has 0 aliphatic heterocycles. The summed E-state index contributed by atoms with van der Waals surface area (Å²) in [7, 11) is 0. The van der Waals surface area contributed by atoms with Crippen LogP contribution in [0.1, 0.15) is 6.92 Å². The van der Waals surface area contributed by atoms with Crippen molar-refractivity contribution in [3.05, 3.63) is 23.5 Å². The predicted molar refractivity (Wildman–Crippen MR) is 47.2 cm³/mol. The zero-order valence-electron chi connectivity index (χ0n) is 7.72. The fourth-order valence-electron chi connectivity index (χ4n) is 1.16. The van der Waals surface area contributed by atoms with Crippen molar-refractivity contribution in [3.63, 3.8) is 0 Å². The monoisotopic (exact) mass is 212 g/mol. The molecule has 6 heteroatoms. The first-order chi connectivity index (χ1) is 6.80. The molecule has 15 heavy (non-hydrogen) atoms. The van der Waals surface area contributed by atoms with Gasteiger partial charge in [-0.2, -0.15) is 0 Å². The third-order valence-corrected chi connectivity index (χ3v) is 2.19. The van der Waals surface area contributed by atoms with Gasteiger partial charge in [-0.1, -0.05) is 6.08 Å². The van der Waals surface area contributed by atoms with Gasteiger partial charge in [0.1, 0.15) is 16.7 Å². The number of Topliss-reactive ketones (excluding diaryl/α,β-unsaturated/α-hetero) is 1. The highest BCUT2D eigenvalue weighted by molar-refractivity contribution is 6.26. The summed E-state index contributed by atoms with van der Waals surface area (Å²) in [5.41, 5.74) is -2.83. The predicted octanol–water partition coefficient (Wildman–Crippen LogP) is 0.113. The van der Waals surface area contributed by atoms with Crippen LogP contribution >= 0.6 is 0 Å². The number of carboxylic acid groups (broad SMARTS) is 2. The Bertz CT molecular complexity index is 416. The first-order valence-electron chi connectivity index (χ1n) is 3.94. The maximum Gasteiger partial charge on any atom is 0.343 e.